The van der Waals surface area contributed by atoms with E-state index in [0.717, 1.165) is 51.1 Å². The highest BCUT2D eigenvalue weighted by molar-refractivity contribution is 5.46. The van der Waals surface area contributed by atoms with Crippen molar-refractivity contribution in [3.8, 4) is 0 Å². The van der Waals surface area contributed by atoms with E-state index in [1.807, 2.05) is 12.3 Å². The minimum absolute atomic E-state index is 0.790. The van der Waals surface area contributed by atoms with E-state index in [1.54, 1.807) is 0 Å². The second kappa shape index (κ2) is 7.57. The van der Waals surface area contributed by atoms with Crippen molar-refractivity contribution >= 4 is 5.82 Å². The maximum absolute atomic E-state index is 5.43. The molecule has 1 fully saturated rings. The second-order valence-corrected chi connectivity index (χ2v) is 5.87. The summed E-state index contributed by atoms with van der Waals surface area (Å²) < 4.78 is 5.43. The molecule has 114 valence electrons. The second-order valence-electron chi connectivity index (χ2n) is 5.87. The fourth-order valence-corrected chi connectivity index (χ4v) is 3.08. The molecule has 0 amide bonds. The fraction of sp³-hybridized carbons (Fsp3) is 0.588. The molecule has 4 heteroatoms. The van der Waals surface area contributed by atoms with Gasteiger partial charge in [-0.05, 0) is 37.8 Å². The van der Waals surface area contributed by atoms with Crippen LogP contribution in [0.3, 0.4) is 0 Å². The maximum Gasteiger partial charge on any atom is 0.133 e. The number of anilines is 1. The van der Waals surface area contributed by atoms with Crippen LogP contribution in [-0.4, -0.2) is 37.8 Å². The van der Waals surface area contributed by atoms with Crippen molar-refractivity contribution in [1.82, 2.24) is 10.3 Å². The number of pyridine rings is 1. The summed E-state index contributed by atoms with van der Waals surface area (Å²) in [6, 6.07) is 4.22. The highest BCUT2D eigenvalue weighted by Gasteiger charge is 2.16. The standard InChI is InChI=1S/C17H25N3O/c1-2-5-15(6-3-1)13-18-14-16-7-4-8-19-17(16)20-9-11-21-12-10-20/h1-2,4,7-8,15,18H,3,5-6,9-14H2. The summed E-state index contributed by atoms with van der Waals surface area (Å²) in [4.78, 5) is 6.92. The Bertz CT molecular complexity index is 469. The summed E-state index contributed by atoms with van der Waals surface area (Å²) in [7, 11) is 0. The van der Waals surface area contributed by atoms with Crippen molar-refractivity contribution in [2.75, 3.05) is 37.7 Å². The van der Waals surface area contributed by atoms with Crippen molar-refractivity contribution in [3.05, 3.63) is 36.0 Å². The van der Waals surface area contributed by atoms with Gasteiger partial charge in [0, 0.05) is 31.4 Å². The molecule has 1 N–H and O–H groups in total. The quantitative estimate of drug-likeness (QED) is 0.844. The van der Waals surface area contributed by atoms with E-state index in [1.165, 1.54) is 24.8 Å². The van der Waals surface area contributed by atoms with Crippen LogP contribution in [-0.2, 0) is 11.3 Å². The first-order valence-electron chi connectivity index (χ1n) is 8.06. The highest BCUT2D eigenvalue weighted by atomic mass is 16.5. The molecule has 1 aromatic heterocycles. The Labute approximate surface area is 127 Å². The molecule has 0 aromatic carbocycles. The van der Waals surface area contributed by atoms with Gasteiger partial charge in [-0.2, -0.15) is 0 Å². The number of allylic oxidation sites excluding steroid dienone is 2. The van der Waals surface area contributed by atoms with Gasteiger partial charge in [-0.25, -0.2) is 4.98 Å². The molecule has 4 nitrogen and oxygen atoms in total. The normalized spacial score (nSPS) is 22.5. The Balaban J connectivity index is 1.55. The zero-order chi connectivity index (χ0) is 14.3. The van der Waals surface area contributed by atoms with Gasteiger partial charge in [-0.1, -0.05) is 18.2 Å². The molecular formula is C17H25N3O. The SMILES string of the molecule is C1=CCC(CNCc2cccnc2N2CCOCC2)CC1. The summed E-state index contributed by atoms with van der Waals surface area (Å²) in [6.45, 7) is 5.49. The summed E-state index contributed by atoms with van der Waals surface area (Å²) in [6.07, 6.45) is 10.3. The molecule has 21 heavy (non-hydrogen) atoms. The minimum Gasteiger partial charge on any atom is -0.378 e. The van der Waals surface area contributed by atoms with Gasteiger partial charge >= 0.3 is 0 Å². The molecule has 2 aliphatic rings. The maximum atomic E-state index is 5.43. The Morgan fingerprint density at radius 2 is 2.19 bits per heavy atom. The fourth-order valence-electron chi connectivity index (χ4n) is 3.08. The summed E-state index contributed by atoms with van der Waals surface area (Å²) in [5.74, 6) is 1.91. The van der Waals surface area contributed by atoms with Crippen molar-refractivity contribution in [2.24, 2.45) is 5.92 Å². The molecule has 1 unspecified atom stereocenters. The van der Waals surface area contributed by atoms with Gasteiger partial charge in [0.1, 0.15) is 5.82 Å². The van der Waals surface area contributed by atoms with Crippen LogP contribution in [0.2, 0.25) is 0 Å². The molecule has 0 spiro atoms. The van der Waals surface area contributed by atoms with Gasteiger partial charge in [0.15, 0.2) is 0 Å². The molecule has 1 aromatic rings. The zero-order valence-corrected chi connectivity index (χ0v) is 12.6. The Hall–Kier alpha value is -1.39. The monoisotopic (exact) mass is 287 g/mol. The third-order valence-corrected chi connectivity index (χ3v) is 4.30. The lowest BCUT2D eigenvalue weighted by molar-refractivity contribution is 0.122. The molecule has 2 heterocycles. The lowest BCUT2D eigenvalue weighted by atomic mass is 9.94. The number of hydrogen-bond donors (Lipinski definition) is 1. The smallest absolute Gasteiger partial charge is 0.133 e. The molecule has 3 rings (SSSR count). The van der Waals surface area contributed by atoms with Crippen LogP contribution in [0.25, 0.3) is 0 Å². The largest absolute Gasteiger partial charge is 0.378 e. The van der Waals surface area contributed by atoms with E-state index < -0.39 is 0 Å². The Morgan fingerprint density at radius 3 is 3.00 bits per heavy atom. The van der Waals surface area contributed by atoms with E-state index >= 15 is 0 Å². The summed E-state index contributed by atoms with van der Waals surface area (Å²) in [5, 5.41) is 3.62. The number of nitrogens with one attached hydrogen (secondary N) is 1. The number of ether oxygens (including phenoxy) is 1. The Kier molecular flexibility index (Phi) is 5.24. The highest BCUT2D eigenvalue weighted by Crippen LogP contribution is 2.20. The molecule has 1 aliphatic heterocycles. The van der Waals surface area contributed by atoms with E-state index in [0.29, 0.717) is 0 Å². The number of aromatic nitrogens is 1. The lowest BCUT2D eigenvalue weighted by Crippen LogP contribution is -2.37. The van der Waals surface area contributed by atoms with Gasteiger partial charge in [0.2, 0.25) is 0 Å². The zero-order valence-electron chi connectivity index (χ0n) is 12.6. The predicted molar refractivity (Wildman–Crippen MR) is 85.5 cm³/mol. The van der Waals surface area contributed by atoms with Gasteiger partial charge in [-0.3, -0.25) is 0 Å². The van der Waals surface area contributed by atoms with Crippen LogP contribution < -0.4 is 10.2 Å². The molecule has 1 saturated heterocycles. The van der Waals surface area contributed by atoms with Gasteiger partial charge in [0.25, 0.3) is 0 Å². The third-order valence-electron chi connectivity index (χ3n) is 4.30. The van der Waals surface area contributed by atoms with Crippen molar-refractivity contribution in [2.45, 2.75) is 25.8 Å². The number of nitrogens with zero attached hydrogens (tertiary/aromatic N) is 2. The van der Waals surface area contributed by atoms with Crippen molar-refractivity contribution in [3.63, 3.8) is 0 Å². The molecule has 1 aliphatic carbocycles. The molecule has 0 saturated carbocycles. The van der Waals surface area contributed by atoms with Gasteiger partial charge in [-0.15, -0.1) is 0 Å². The van der Waals surface area contributed by atoms with E-state index in [9.17, 15) is 0 Å². The first-order valence-corrected chi connectivity index (χ1v) is 8.06. The van der Waals surface area contributed by atoms with E-state index in [-0.39, 0.29) is 0 Å². The van der Waals surface area contributed by atoms with Crippen LogP contribution >= 0.6 is 0 Å². The number of morpholine rings is 1. The first-order chi connectivity index (χ1) is 10.4. The van der Waals surface area contributed by atoms with Crippen LogP contribution in [0, 0.1) is 5.92 Å². The lowest BCUT2D eigenvalue weighted by Gasteiger charge is -2.29. The van der Waals surface area contributed by atoms with Gasteiger partial charge < -0.3 is 15.0 Å². The predicted octanol–water partition coefficient (Wildman–Crippen LogP) is 2.36. The van der Waals surface area contributed by atoms with Crippen LogP contribution in [0.5, 0.6) is 0 Å². The molecule has 0 radical (unpaired) electrons. The van der Waals surface area contributed by atoms with Crippen molar-refractivity contribution < 1.29 is 4.74 Å². The first kappa shape index (κ1) is 14.5. The molecule has 0 bridgehead atoms. The van der Waals surface area contributed by atoms with E-state index in [4.69, 9.17) is 4.74 Å². The van der Waals surface area contributed by atoms with Crippen LogP contribution in [0.1, 0.15) is 24.8 Å². The summed E-state index contributed by atoms with van der Waals surface area (Å²) >= 11 is 0. The van der Waals surface area contributed by atoms with Gasteiger partial charge in [0.05, 0.1) is 13.2 Å². The molecular weight excluding hydrogens is 262 g/mol. The topological polar surface area (TPSA) is 37.4 Å². The average molecular weight is 287 g/mol. The van der Waals surface area contributed by atoms with E-state index in [2.05, 4.69) is 33.4 Å². The number of hydrogen-bond acceptors (Lipinski definition) is 4. The van der Waals surface area contributed by atoms with Crippen molar-refractivity contribution in [1.29, 1.82) is 0 Å². The Morgan fingerprint density at radius 1 is 1.29 bits per heavy atom. The summed E-state index contributed by atoms with van der Waals surface area (Å²) in [5.41, 5.74) is 1.30. The third kappa shape index (κ3) is 4.05. The molecule has 1 atom stereocenters. The number of rotatable bonds is 5. The average Bonchev–Trinajstić information content (AvgIpc) is 2.57. The van der Waals surface area contributed by atoms with Crippen LogP contribution in [0.4, 0.5) is 5.82 Å². The van der Waals surface area contributed by atoms with Crippen LogP contribution in [0.15, 0.2) is 30.5 Å². The minimum atomic E-state index is 0.790.